The summed E-state index contributed by atoms with van der Waals surface area (Å²) < 4.78 is 10.9. The van der Waals surface area contributed by atoms with Crippen molar-refractivity contribution >= 4 is 11.6 Å². The standard InChI is InChI=1S/C14H21ClO3/c1-17-13(18-2)14(9-16)7-3-4-10-8-11(15)5-6-12(10)14/h5-6,10,13,16H,3-4,7-9H2,1-2H3. The molecule has 1 fully saturated rings. The maximum atomic E-state index is 9.92. The summed E-state index contributed by atoms with van der Waals surface area (Å²) in [5, 5.41) is 10.8. The molecule has 0 radical (unpaired) electrons. The molecule has 0 heterocycles. The number of methoxy groups -OCH3 is 2. The number of halogens is 1. The molecule has 4 heteroatoms. The second-order valence-electron chi connectivity index (χ2n) is 5.15. The summed E-state index contributed by atoms with van der Waals surface area (Å²) in [6.45, 7) is 0.0487. The molecule has 2 rings (SSSR count). The highest BCUT2D eigenvalue weighted by Crippen LogP contribution is 2.50. The average molecular weight is 273 g/mol. The molecule has 1 saturated carbocycles. The second kappa shape index (κ2) is 5.74. The zero-order valence-corrected chi connectivity index (χ0v) is 11.7. The summed E-state index contributed by atoms with van der Waals surface area (Å²) in [6, 6.07) is 0. The van der Waals surface area contributed by atoms with Crippen LogP contribution in [0.4, 0.5) is 0 Å². The van der Waals surface area contributed by atoms with Crippen LogP contribution >= 0.6 is 11.6 Å². The Kier molecular flexibility index (Phi) is 4.49. The first kappa shape index (κ1) is 14.1. The quantitative estimate of drug-likeness (QED) is 0.800. The Hall–Kier alpha value is -0.350. The lowest BCUT2D eigenvalue weighted by molar-refractivity contribution is -0.186. The van der Waals surface area contributed by atoms with Crippen molar-refractivity contribution < 1.29 is 14.6 Å². The van der Waals surface area contributed by atoms with Crippen LogP contribution in [0.15, 0.2) is 22.8 Å². The van der Waals surface area contributed by atoms with Gasteiger partial charge in [0.2, 0.25) is 0 Å². The highest BCUT2D eigenvalue weighted by atomic mass is 35.5. The van der Waals surface area contributed by atoms with Gasteiger partial charge in [0, 0.05) is 19.3 Å². The third-order valence-electron chi connectivity index (χ3n) is 4.24. The van der Waals surface area contributed by atoms with Crippen LogP contribution < -0.4 is 0 Å². The molecule has 2 unspecified atom stereocenters. The first-order valence-corrected chi connectivity index (χ1v) is 6.79. The van der Waals surface area contributed by atoms with Crippen molar-refractivity contribution in [2.75, 3.05) is 20.8 Å². The predicted octanol–water partition coefficient (Wildman–Crippen LogP) is 2.84. The summed E-state index contributed by atoms with van der Waals surface area (Å²) in [7, 11) is 3.25. The highest BCUT2D eigenvalue weighted by Gasteiger charge is 2.47. The van der Waals surface area contributed by atoms with Gasteiger partial charge in [-0.2, -0.15) is 0 Å². The van der Waals surface area contributed by atoms with Crippen molar-refractivity contribution in [1.82, 2.24) is 0 Å². The molecule has 1 N–H and O–H groups in total. The second-order valence-corrected chi connectivity index (χ2v) is 5.63. The first-order valence-electron chi connectivity index (χ1n) is 6.41. The monoisotopic (exact) mass is 272 g/mol. The molecule has 0 aromatic rings. The van der Waals surface area contributed by atoms with Crippen LogP contribution in [0, 0.1) is 11.3 Å². The number of ether oxygens (including phenoxy) is 2. The Balaban J connectivity index is 2.39. The summed E-state index contributed by atoms with van der Waals surface area (Å²) in [5.74, 6) is 0.413. The minimum Gasteiger partial charge on any atom is -0.395 e. The van der Waals surface area contributed by atoms with Crippen LogP contribution in [-0.2, 0) is 9.47 Å². The van der Waals surface area contributed by atoms with Crippen LogP contribution in [0.2, 0.25) is 0 Å². The molecule has 0 aromatic carbocycles. The topological polar surface area (TPSA) is 38.7 Å². The van der Waals surface area contributed by atoms with E-state index < -0.39 is 11.7 Å². The highest BCUT2D eigenvalue weighted by molar-refractivity contribution is 6.29. The Labute approximate surface area is 113 Å². The fourth-order valence-electron chi connectivity index (χ4n) is 3.41. The number of hydrogen-bond acceptors (Lipinski definition) is 3. The fourth-order valence-corrected chi connectivity index (χ4v) is 3.66. The largest absolute Gasteiger partial charge is 0.395 e. The Bertz CT molecular complexity index is 360. The average Bonchev–Trinajstić information content (AvgIpc) is 2.39. The number of fused-ring (bicyclic) bond motifs is 1. The Morgan fingerprint density at radius 3 is 2.78 bits per heavy atom. The third kappa shape index (κ3) is 2.25. The van der Waals surface area contributed by atoms with Gasteiger partial charge < -0.3 is 14.6 Å². The molecule has 0 aliphatic heterocycles. The number of aliphatic hydroxyl groups is 1. The van der Waals surface area contributed by atoms with E-state index in [2.05, 4.69) is 6.08 Å². The van der Waals surface area contributed by atoms with E-state index in [9.17, 15) is 5.11 Å². The molecule has 2 aliphatic carbocycles. The van der Waals surface area contributed by atoms with Crippen molar-refractivity contribution in [2.45, 2.75) is 32.0 Å². The molecule has 0 spiro atoms. The normalized spacial score (nSPS) is 31.9. The number of aliphatic hydroxyl groups excluding tert-OH is 1. The van der Waals surface area contributed by atoms with Crippen molar-refractivity contribution in [3.05, 3.63) is 22.8 Å². The number of rotatable bonds is 4. The molecule has 0 saturated heterocycles. The van der Waals surface area contributed by atoms with Gasteiger partial charge in [-0.05, 0) is 31.3 Å². The van der Waals surface area contributed by atoms with Gasteiger partial charge in [-0.1, -0.05) is 29.7 Å². The van der Waals surface area contributed by atoms with Crippen LogP contribution in [0.1, 0.15) is 25.7 Å². The third-order valence-corrected chi connectivity index (χ3v) is 4.52. The van der Waals surface area contributed by atoms with Crippen molar-refractivity contribution in [3.63, 3.8) is 0 Å². The Morgan fingerprint density at radius 1 is 1.44 bits per heavy atom. The zero-order valence-electron chi connectivity index (χ0n) is 11.0. The minimum absolute atomic E-state index is 0.0487. The van der Waals surface area contributed by atoms with E-state index in [1.165, 1.54) is 5.57 Å². The van der Waals surface area contributed by atoms with Crippen LogP contribution in [-0.4, -0.2) is 32.2 Å². The van der Waals surface area contributed by atoms with E-state index >= 15 is 0 Å². The molecule has 0 bridgehead atoms. The SMILES string of the molecule is COC(OC)C1(CO)CCCC2CC(Cl)=CC=C21. The van der Waals surface area contributed by atoms with Crippen molar-refractivity contribution in [2.24, 2.45) is 11.3 Å². The molecular formula is C14H21ClO3. The van der Waals surface area contributed by atoms with Crippen molar-refractivity contribution in [1.29, 1.82) is 0 Å². The number of hydrogen-bond donors (Lipinski definition) is 1. The zero-order chi connectivity index (χ0) is 13.2. The summed E-state index contributed by atoms with van der Waals surface area (Å²) >= 11 is 6.11. The Morgan fingerprint density at radius 2 is 2.17 bits per heavy atom. The summed E-state index contributed by atoms with van der Waals surface area (Å²) in [6.07, 6.45) is 7.54. The van der Waals surface area contributed by atoms with Gasteiger partial charge in [-0.3, -0.25) is 0 Å². The van der Waals surface area contributed by atoms with Crippen LogP contribution in [0.5, 0.6) is 0 Å². The molecule has 2 aliphatic rings. The molecule has 2 atom stereocenters. The fraction of sp³-hybridized carbons (Fsp3) is 0.714. The number of allylic oxidation sites excluding steroid dienone is 3. The summed E-state index contributed by atoms with van der Waals surface area (Å²) in [4.78, 5) is 0. The van der Waals surface area contributed by atoms with Gasteiger partial charge in [0.1, 0.15) is 0 Å². The van der Waals surface area contributed by atoms with E-state index in [-0.39, 0.29) is 6.61 Å². The van der Waals surface area contributed by atoms with Gasteiger partial charge in [0.15, 0.2) is 6.29 Å². The smallest absolute Gasteiger partial charge is 0.168 e. The van der Waals surface area contributed by atoms with E-state index in [1.807, 2.05) is 6.08 Å². The molecular weight excluding hydrogens is 252 g/mol. The lowest BCUT2D eigenvalue weighted by atomic mass is 9.63. The van der Waals surface area contributed by atoms with Gasteiger partial charge in [-0.25, -0.2) is 0 Å². The van der Waals surface area contributed by atoms with E-state index in [1.54, 1.807) is 14.2 Å². The van der Waals surface area contributed by atoms with E-state index in [0.717, 1.165) is 30.7 Å². The maximum absolute atomic E-state index is 9.92. The van der Waals surface area contributed by atoms with Gasteiger partial charge in [-0.15, -0.1) is 0 Å². The summed E-state index contributed by atoms with van der Waals surface area (Å²) in [5.41, 5.74) is 0.815. The van der Waals surface area contributed by atoms with E-state index in [0.29, 0.717) is 5.92 Å². The van der Waals surface area contributed by atoms with Gasteiger partial charge >= 0.3 is 0 Å². The van der Waals surface area contributed by atoms with Gasteiger partial charge in [0.05, 0.1) is 12.0 Å². The predicted molar refractivity (Wildman–Crippen MR) is 71.3 cm³/mol. The minimum atomic E-state index is -0.416. The maximum Gasteiger partial charge on any atom is 0.168 e. The molecule has 18 heavy (non-hydrogen) atoms. The van der Waals surface area contributed by atoms with Crippen molar-refractivity contribution in [3.8, 4) is 0 Å². The van der Waals surface area contributed by atoms with Gasteiger partial charge in [0.25, 0.3) is 0 Å². The lowest BCUT2D eigenvalue weighted by Gasteiger charge is -2.46. The molecule has 3 nitrogen and oxygen atoms in total. The lowest BCUT2D eigenvalue weighted by Crippen LogP contribution is -2.47. The molecule has 0 amide bonds. The molecule has 0 aromatic heterocycles. The van der Waals surface area contributed by atoms with Crippen LogP contribution in [0.3, 0.4) is 0 Å². The first-order chi connectivity index (χ1) is 8.67. The van der Waals surface area contributed by atoms with Crippen LogP contribution in [0.25, 0.3) is 0 Å². The molecule has 102 valence electrons. The van der Waals surface area contributed by atoms with E-state index in [4.69, 9.17) is 21.1 Å².